The van der Waals surface area contributed by atoms with Gasteiger partial charge in [-0.3, -0.25) is 0 Å². The zero-order valence-electron chi connectivity index (χ0n) is 8.88. The normalized spacial score (nSPS) is 13.2. The summed E-state index contributed by atoms with van der Waals surface area (Å²) in [5, 5.41) is 12.0. The van der Waals surface area contributed by atoms with E-state index in [0.29, 0.717) is 12.5 Å². The second-order valence-electron chi connectivity index (χ2n) is 3.37. The highest BCUT2D eigenvalue weighted by atomic mass is 16.5. The summed E-state index contributed by atoms with van der Waals surface area (Å²) in [5.41, 5.74) is 0. The van der Waals surface area contributed by atoms with E-state index in [-0.39, 0.29) is 0 Å². The molecule has 2 N–H and O–H groups in total. The van der Waals surface area contributed by atoms with E-state index in [1.165, 1.54) is 0 Å². The molecule has 1 unspecified atom stereocenters. The number of hydrogen-bond donors (Lipinski definition) is 2. The molecule has 0 saturated carbocycles. The quantitative estimate of drug-likeness (QED) is 0.532. The van der Waals surface area contributed by atoms with Gasteiger partial charge in [-0.25, -0.2) is 0 Å². The maximum Gasteiger partial charge on any atom is 0.0477 e. The van der Waals surface area contributed by atoms with Crippen LogP contribution < -0.4 is 5.32 Å². The van der Waals surface area contributed by atoms with Crippen LogP contribution in [-0.4, -0.2) is 38.0 Å². The van der Waals surface area contributed by atoms with Gasteiger partial charge in [-0.1, -0.05) is 6.92 Å². The minimum atomic E-state index is 0.293. The molecular weight excluding hydrogens is 166 g/mol. The predicted molar refractivity (Wildman–Crippen MR) is 54.8 cm³/mol. The Morgan fingerprint density at radius 3 is 2.85 bits per heavy atom. The highest BCUT2D eigenvalue weighted by Crippen LogP contribution is 1.97. The van der Waals surface area contributed by atoms with Gasteiger partial charge in [0.2, 0.25) is 0 Å². The van der Waals surface area contributed by atoms with E-state index in [9.17, 15) is 0 Å². The lowest BCUT2D eigenvalue weighted by molar-refractivity contribution is 0.144. The molecule has 0 spiro atoms. The monoisotopic (exact) mass is 189 g/mol. The molecule has 0 bridgehead atoms. The van der Waals surface area contributed by atoms with Gasteiger partial charge >= 0.3 is 0 Å². The van der Waals surface area contributed by atoms with E-state index in [4.69, 9.17) is 9.84 Å². The van der Waals surface area contributed by atoms with E-state index in [0.717, 1.165) is 39.1 Å². The summed E-state index contributed by atoms with van der Waals surface area (Å²) in [7, 11) is 0. The third-order valence-electron chi connectivity index (χ3n) is 1.96. The topological polar surface area (TPSA) is 41.5 Å². The fraction of sp³-hybridized carbons (Fsp3) is 1.00. The van der Waals surface area contributed by atoms with Crippen molar-refractivity contribution in [2.45, 2.75) is 26.7 Å². The molecule has 3 heteroatoms. The molecule has 80 valence electrons. The molecule has 0 amide bonds. The fourth-order valence-electron chi connectivity index (χ4n) is 1.11. The number of ether oxygens (including phenoxy) is 1. The van der Waals surface area contributed by atoms with E-state index in [1.807, 2.05) is 6.92 Å². The largest absolute Gasteiger partial charge is 0.396 e. The molecule has 0 aliphatic carbocycles. The lowest BCUT2D eigenvalue weighted by Crippen LogP contribution is -2.23. The van der Waals surface area contributed by atoms with Gasteiger partial charge in [0.15, 0.2) is 0 Å². The first-order chi connectivity index (χ1) is 6.31. The molecule has 0 aliphatic rings. The molecule has 0 aromatic heterocycles. The molecule has 3 nitrogen and oxygen atoms in total. The first-order valence-electron chi connectivity index (χ1n) is 5.20. The number of hydrogen-bond acceptors (Lipinski definition) is 3. The molecule has 0 aromatic carbocycles. The third-order valence-corrected chi connectivity index (χ3v) is 1.96. The smallest absolute Gasteiger partial charge is 0.0477 e. The van der Waals surface area contributed by atoms with Gasteiger partial charge < -0.3 is 15.2 Å². The Balaban J connectivity index is 2.97. The van der Waals surface area contributed by atoms with Gasteiger partial charge in [0.25, 0.3) is 0 Å². The molecule has 0 rings (SSSR count). The van der Waals surface area contributed by atoms with Crippen molar-refractivity contribution in [3.05, 3.63) is 0 Å². The minimum absolute atomic E-state index is 0.293. The summed E-state index contributed by atoms with van der Waals surface area (Å²) in [4.78, 5) is 0. The Bertz CT molecular complexity index is 98.9. The molecule has 1 atom stereocenters. The van der Waals surface area contributed by atoms with Crippen molar-refractivity contribution in [1.82, 2.24) is 5.32 Å². The standard InChI is InChI=1S/C10H23NO2/c1-3-13-8-4-6-11-9-10(2)5-7-12/h10-12H,3-9H2,1-2H3. The molecule has 0 saturated heterocycles. The van der Waals surface area contributed by atoms with Gasteiger partial charge in [0.05, 0.1) is 0 Å². The first kappa shape index (κ1) is 12.9. The van der Waals surface area contributed by atoms with Crippen LogP contribution in [-0.2, 0) is 4.74 Å². The Kier molecular flexibility index (Phi) is 9.87. The number of aliphatic hydroxyl groups excluding tert-OH is 1. The Morgan fingerprint density at radius 2 is 2.23 bits per heavy atom. The zero-order chi connectivity index (χ0) is 9.94. The average Bonchev–Trinajstić information content (AvgIpc) is 2.11. The summed E-state index contributed by atoms with van der Waals surface area (Å²) >= 11 is 0. The summed E-state index contributed by atoms with van der Waals surface area (Å²) in [6, 6.07) is 0. The Morgan fingerprint density at radius 1 is 1.46 bits per heavy atom. The molecule has 0 radical (unpaired) electrons. The van der Waals surface area contributed by atoms with Gasteiger partial charge in [-0.15, -0.1) is 0 Å². The SMILES string of the molecule is CCOCCCNCC(C)CCO. The van der Waals surface area contributed by atoms with Crippen molar-refractivity contribution in [3.63, 3.8) is 0 Å². The lowest BCUT2D eigenvalue weighted by Gasteiger charge is -2.10. The van der Waals surface area contributed by atoms with Crippen molar-refractivity contribution in [1.29, 1.82) is 0 Å². The average molecular weight is 189 g/mol. The zero-order valence-corrected chi connectivity index (χ0v) is 8.88. The van der Waals surface area contributed by atoms with Crippen molar-refractivity contribution in [2.24, 2.45) is 5.92 Å². The van der Waals surface area contributed by atoms with Crippen molar-refractivity contribution in [2.75, 3.05) is 32.9 Å². The van der Waals surface area contributed by atoms with E-state index in [1.54, 1.807) is 0 Å². The van der Waals surface area contributed by atoms with Crippen LogP contribution in [0, 0.1) is 5.92 Å². The second-order valence-corrected chi connectivity index (χ2v) is 3.37. The second kappa shape index (κ2) is 9.96. The van der Waals surface area contributed by atoms with Gasteiger partial charge in [-0.2, -0.15) is 0 Å². The van der Waals surface area contributed by atoms with Crippen LogP contribution in [0.15, 0.2) is 0 Å². The minimum Gasteiger partial charge on any atom is -0.396 e. The lowest BCUT2D eigenvalue weighted by atomic mass is 10.1. The predicted octanol–water partition coefficient (Wildman–Crippen LogP) is 1.02. The van der Waals surface area contributed by atoms with Crippen LogP contribution in [0.4, 0.5) is 0 Å². The van der Waals surface area contributed by atoms with Gasteiger partial charge in [0.1, 0.15) is 0 Å². The highest BCUT2D eigenvalue weighted by molar-refractivity contribution is 4.56. The van der Waals surface area contributed by atoms with Gasteiger partial charge in [0, 0.05) is 19.8 Å². The molecular formula is C10H23NO2. The molecule has 0 aromatic rings. The van der Waals surface area contributed by atoms with Crippen molar-refractivity contribution in [3.8, 4) is 0 Å². The van der Waals surface area contributed by atoms with Crippen molar-refractivity contribution >= 4 is 0 Å². The summed E-state index contributed by atoms with van der Waals surface area (Å²) in [5.74, 6) is 0.567. The van der Waals surface area contributed by atoms with Crippen molar-refractivity contribution < 1.29 is 9.84 Å². The first-order valence-corrected chi connectivity index (χ1v) is 5.20. The van der Waals surface area contributed by atoms with E-state index >= 15 is 0 Å². The van der Waals surface area contributed by atoms with Crippen LogP contribution in [0.2, 0.25) is 0 Å². The highest BCUT2D eigenvalue weighted by Gasteiger charge is 1.99. The maximum atomic E-state index is 8.66. The van der Waals surface area contributed by atoms with Crippen LogP contribution >= 0.6 is 0 Å². The van der Waals surface area contributed by atoms with Crippen LogP contribution in [0.3, 0.4) is 0 Å². The third kappa shape index (κ3) is 9.80. The van der Waals surface area contributed by atoms with E-state index in [2.05, 4.69) is 12.2 Å². The van der Waals surface area contributed by atoms with E-state index < -0.39 is 0 Å². The Hall–Kier alpha value is -0.120. The summed E-state index contributed by atoms with van der Waals surface area (Å²) < 4.78 is 5.21. The molecule has 0 aliphatic heterocycles. The molecule has 13 heavy (non-hydrogen) atoms. The summed E-state index contributed by atoms with van der Waals surface area (Å²) in [6.07, 6.45) is 1.96. The molecule has 0 heterocycles. The number of aliphatic hydroxyl groups is 1. The number of nitrogens with one attached hydrogen (secondary N) is 1. The maximum absolute atomic E-state index is 8.66. The summed E-state index contributed by atoms with van der Waals surface area (Å²) in [6.45, 7) is 8.10. The molecule has 0 fully saturated rings. The fourth-order valence-corrected chi connectivity index (χ4v) is 1.11. The van der Waals surface area contributed by atoms with Crippen LogP contribution in [0.5, 0.6) is 0 Å². The van der Waals surface area contributed by atoms with Gasteiger partial charge in [-0.05, 0) is 38.8 Å². The van der Waals surface area contributed by atoms with Crippen LogP contribution in [0.1, 0.15) is 26.7 Å². The van der Waals surface area contributed by atoms with Crippen LogP contribution in [0.25, 0.3) is 0 Å². The Labute approximate surface area is 81.5 Å². The number of rotatable bonds is 9.